The van der Waals surface area contributed by atoms with Crippen molar-refractivity contribution < 1.29 is 37.4 Å². The van der Waals surface area contributed by atoms with Crippen LogP contribution in [0, 0.1) is 0 Å². The number of ether oxygens (including phenoxy) is 1. The monoisotopic (exact) mass is 586 g/mol. The van der Waals surface area contributed by atoms with E-state index in [0.29, 0.717) is 52.2 Å². The molecule has 0 saturated heterocycles. The van der Waals surface area contributed by atoms with Crippen LogP contribution in [0.1, 0.15) is 102 Å². The summed E-state index contributed by atoms with van der Waals surface area (Å²) in [5.74, 6) is -0.284. The molecule has 0 radical (unpaired) electrons. The number of aliphatic hydroxyl groups is 1. The van der Waals surface area contributed by atoms with Gasteiger partial charge in [-0.1, -0.05) is 23.4 Å². The van der Waals surface area contributed by atoms with Crippen LogP contribution in [0.25, 0.3) is 21.5 Å². The molecule has 6 rings (SSSR count). The molecule has 41 heavy (non-hydrogen) atoms. The average Bonchev–Trinajstić information content (AvgIpc) is 3.55. The van der Waals surface area contributed by atoms with Crippen LogP contribution >= 0.6 is 11.3 Å². The van der Waals surface area contributed by atoms with E-state index < -0.39 is 24.2 Å². The molecule has 1 unspecified atom stereocenters. The van der Waals surface area contributed by atoms with E-state index in [1.165, 1.54) is 42.5 Å². The molecule has 11 heteroatoms. The maximum absolute atomic E-state index is 14.6. The lowest BCUT2D eigenvalue weighted by molar-refractivity contribution is -0.0640. The number of thiazole rings is 1. The maximum Gasteiger partial charge on any atom is 0.335 e. The van der Waals surface area contributed by atoms with E-state index in [1.54, 1.807) is 12.1 Å². The van der Waals surface area contributed by atoms with Crippen molar-refractivity contribution >= 4 is 27.5 Å². The number of benzene rings is 2. The van der Waals surface area contributed by atoms with Crippen molar-refractivity contribution in [3.8, 4) is 11.3 Å². The minimum Gasteiger partial charge on any atom is -0.478 e. The molecule has 2 aromatic carbocycles. The fraction of sp³-hybridized carbons (Fsp3) is 0.433. The molecule has 0 amide bonds. The highest BCUT2D eigenvalue weighted by Crippen LogP contribution is 2.47. The minimum atomic E-state index is -2.81. The zero-order valence-electron chi connectivity index (χ0n) is 22.3. The highest BCUT2D eigenvalue weighted by molar-refractivity contribution is 7.18. The largest absolute Gasteiger partial charge is 0.478 e. The summed E-state index contributed by atoms with van der Waals surface area (Å²) >= 11 is 1.29. The molecule has 2 N–H and O–H groups in total. The van der Waals surface area contributed by atoms with E-state index in [9.17, 15) is 28.2 Å². The van der Waals surface area contributed by atoms with E-state index in [4.69, 9.17) is 9.26 Å². The summed E-state index contributed by atoms with van der Waals surface area (Å²) in [6, 6.07) is 8.91. The number of aromatic carboxylic acids is 1. The third-order valence-electron chi connectivity index (χ3n) is 8.05. The quantitative estimate of drug-likeness (QED) is 0.206. The Kier molecular flexibility index (Phi) is 7.37. The van der Waals surface area contributed by atoms with Crippen LogP contribution in [0.5, 0.6) is 0 Å². The van der Waals surface area contributed by atoms with Crippen molar-refractivity contribution in [2.45, 2.75) is 82.3 Å². The van der Waals surface area contributed by atoms with Crippen LogP contribution < -0.4 is 0 Å². The first-order valence-corrected chi connectivity index (χ1v) is 14.5. The lowest BCUT2D eigenvalue weighted by atomic mass is 9.83. The number of halogens is 3. The second kappa shape index (κ2) is 10.8. The number of aromatic nitrogens is 2. The summed E-state index contributed by atoms with van der Waals surface area (Å²) in [4.78, 5) is 15.9. The normalized spacial score (nSPS) is 22.0. The molecule has 1 atom stereocenters. The van der Waals surface area contributed by atoms with E-state index in [-0.39, 0.29) is 46.6 Å². The van der Waals surface area contributed by atoms with Gasteiger partial charge in [-0.2, -0.15) is 0 Å². The van der Waals surface area contributed by atoms with Crippen molar-refractivity contribution in [3.63, 3.8) is 0 Å². The summed E-state index contributed by atoms with van der Waals surface area (Å²) in [7, 11) is 0. The lowest BCUT2D eigenvalue weighted by Gasteiger charge is -2.34. The van der Waals surface area contributed by atoms with Crippen LogP contribution in [0.15, 0.2) is 40.9 Å². The van der Waals surface area contributed by atoms with Crippen molar-refractivity contribution in [2.75, 3.05) is 0 Å². The zero-order valence-corrected chi connectivity index (χ0v) is 23.1. The first-order chi connectivity index (χ1) is 19.6. The molecule has 216 valence electrons. The summed E-state index contributed by atoms with van der Waals surface area (Å²) in [5, 5.41) is 25.4. The number of rotatable bonds is 9. The number of hydrogen-bond acceptors (Lipinski definition) is 7. The Labute approximate surface area is 238 Å². The van der Waals surface area contributed by atoms with Gasteiger partial charge in [0.1, 0.15) is 28.2 Å². The Morgan fingerprint density at radius 1 is 1.15 bits per heavy atom. The fourth-order valence-electron chi connectivity index (χ4n) is 5.61. The van der Waals surface area contributed by atoms with E-state index >= 15 is 0 Å². The molecule has 7 nitrogen and oxygen atoms in total. The number of carboxylic acid groups (broad SMARTS) is 1. The van der Waals surface area contributed by atoms with Crippen molar-refractivity contribution in [2.24, 2.45) is 0 Å². The van der Waals surface area contributed by atoms with Gasteiger partial charge in [-0.25, -0.2) is 22.9 Å². The van der Waals surface area contributed by atoms with Crippen LogP contribution in [-0.2, 0) is 16.9 Å². The third kappa shape index (κ3) is 5.38. The number of fused-ring (bicyclic) bond motifs is 1. The molecule has 2 aliphatic rings. The Balaban J connectivity index is 1.21. The summed E-state index contributed by atoms with van der Waals surface area (Å²) in [6.07, 6.45) is -0.837. The standard InChI is InChI=1S/C30H29F3N2O5S/c1-15(31)19-3-2-4-20(27(32)33)24(19)25-21(26(40-35-25)16-5-6-16)14-39-18-9-11-30(38,12-10-18)29-34-22-8-7-17(28(36)37)13-23(22)41-29/h2-4,7-8,13,15-16,18,27,38H,5-6,9-12,14H2,1H3,(H,36,37)/t15?,18-,30+. The smallest absolute Gasteiger partial charge is 0.335 e. The first kappa shape index (κ1) is 27.9. The van der Waals surface area contributed by atoms with Crippen LogP contribution in [0.2, 0.25) is 0 Å². The summed E-state index contributed by atoms with van der Waals surface area (Å²) in [6.45, 7) is 1.39. The highest BCUT2D eigenvalue weighted by atomic mass is 32.1. The van der Waals surface area contributed by atoms with E-state index in [1.807, 2.05) is 0 Å². The van der Waals surface area contributed by atoms with Gasteiger partial charge in [0.05, 0.1) is 28.5 Å². The number of alkyl halides is 3. The number of hydrogen-bond donors (Lipinski definition) is 2. The van der Waals surface area contributed by atoms with E-state index in [2.05, 4.69) is 10.1 Å². The molecule has 2 heterocycles. The number of carboxylic acids is 1. The molecule has 0 spiro atoms. The molecule has 2 aromatic heterocycles. The first-order valence-electron chi connectivity index (χ1n) is 13.7. The Morgan fingerprint density at radius 3 is 2.54 bits per heavy atom. The molecule has 2 saturated carbocycles. The Morgan fingerprint density at radius 2 is 1.88 bits per heavy atom. The van der Waals surface area contributed by atoms with Crippen molar-refractivity contribution in [1.82, 2.24) is 10.1 Å². The molecule has 0 bridgehead atoms. The van der Waals surface area contributed by atoms with Crippen molar-refractivity contribution in [3.05, 3.63) is 69.4 Å². The second-order valence-electron chi connectivity index (χ2n) is 10.9. The third-order valence-corrected chi connectivity index (χ3v) is 9.26. The Hall–Kier alpha value is -3.28. The van der Waals surface area contributed by atoms with Crippen LogP contribution in [0.4, 0.5) is 13.2 Å². The van der Waals surface area contributed by atoms with Gasteiger partial charge in [-0.15, -0.1) is 11.3 Å². The predicted octanol–water partition coefficient (Wildman–Crippen LogP) is 7.84. The minimum absolute atomic E-state index is 0.0617. The van der Waals surface area contributed by atoms with E-state index in [0.717, 1.165) is 12.8 Å². The van der Waals surface area contributed by atoms with Gasteiger partial charge in [0, 0.05) is 22.6 Å². The molecular weight excluding hydrogens is 557 g/mol. The second-order valence-corrected chi connectivity index (χ2v) is 12.0. The van der Waals surface area contributed by atoms with Gasteiger partial charge >= 0.3 is 5.97 Å². The topological polar surface area (TPSA) is 106 Å². The molecule has 2 fully saturated rings. The van der Waals surface area contributed by atoms with Crippen LogP contribution in [0.3, 0.4) is 0 Å². The Bertz CT molecular complexity index is 1560. The lowest BCUT2D eigenvalue weighted by Crippen LogP contribution is -2.34. The summed E-state index contributed by atoms with van der Waals surface area (Å²) in [5.41, 5.74) is 0.323. The van der Waals surface area contributed by atoms with Gasteiger partial charge in [0.2, 0.25) is 0 Å². The molecule has 4 aromatic rings. The molecule has 2 aliphatic carbocycles. The highest BCUT2D eigenvalue weighted by Gasteiger charge is 2.39. The van der Waals surface area contributed by atoms with Crippen LogP contribution in [-0.4, -0.2) is 32.4 Å². The van der Waals surface area contributed by atoms with Crippen molar-refractivity contribution in [1.29, 1.82) is 0 Å². The summed E-state index contributed by atoms with van der Waals surface area (Å²) < 4.78 is 55.2. The van der Waals surface area contributed by atoms with Gasteiger partial charge in [-0.05, 0) is 69.2 Å². The molecular formula is C30H29F3N2O5S. The SMILES string of the molecule is CC(F)c1cccc(C(F)F)c1-c1noc(C2CC2)c1CO[C@H]1CC[C@](O)(c2nc3ccc(C(=O)O)cc3s2)CC1. The molecule has 0 aliphatic heterocycles. The van der Waals surface area contributed by atoms with Gasteiger partial charge < -0.3 is 19.5 Å². The van der Waals surface area contributed by atoms with Gasteiger partial charge in [0.15, 0.2) is 0 Å². The van der Waals surface area contributed by atoms with Gasteiger partial charge in [0.25, 0.3) is 6.43 Å². The average molecular weight is 587 g/mol. The zero-order chi connectivity index (χ0) is 28.9. The fourth-order valence-corrected chi connectivity index (χ4v) is 6.76. The predicted molar refractivity (Wildman–Crippen MR) is 146 cm³/mol. The number of nitrogens with zero attached hydrogens (tertiary/aromatic N) is 2. The maximum atomic E-state index is 14.6. The van der Waals surface area contributed by atoms with Gasteiger partial charge in [-0.3, -0.25) is 0 Å². The number of carbonyl (C=O) groups is 1.